The number of nitrogens with two attached hydrogens (primary N) is 1. The van der Waals surface area contributed by atoms with Crippen LogP contribution in [0.4, 0.5) is 0 Å². The van der Waals surface area contributed by atoms with Crippen molar-refractivity contribution in [3.8, 4) is 0 Å². The van der Waals surface area contributed by atoms with Gasteiger partial charge in [0.05, 0.1) is 6.54 Å². The van der Waals surface area contributed by atoms with Gasteiger partial charge in [0.2, 0.25) is 11.8 Å². The van der Waals surface area contributed by atoms with E-state index in [2.05, 4.69) is 0 Å². The minimum Gasteiger partial charge on any atom is -0.340 e. The molecule has 1 unspecified atom stereocenters. The van der Waals surface area contributed by atoms with E-state index in [0.717, 1.165) is 19.3 Å². The molecule has 5 heteroatoms. The van der Waals surface area contributed by atoms with Crippen LogP contribution in [0.2, 0.25) is 0 Å². The molecule has 1 aliphatic heterocycles. The third kappa shape index (κ3) is 4.00. The van der Waals surface area contributed by atoms with Gasteiger partial charge in [0.1, 0.15) is 0 Å². The zero-order valence-corrected chi connectivity index (χ0v) is 10.8. The van der Waals surface area contributed by atoms with Crippen LogP contribution in [0.1, 0.15) is 32.6 Å². The highest BCUT2D eigenvalue weighted by Gasteiger charge is 2.22. The maximum Gasteiger partial charge on any atom is 0.242 e. The SMILES string of the molecule is CC(CN)N(C)C(=O)CN1CCCCCC1=O. The molecule has 1 aliphatic rings. The molecule has 98 valence electrons. The van der Waals surface area contributed by atoms with Crippen LogP contribution in [0.3, 0.4) is 0 Å². The fourth-order valence-electron chi connectivity index (χ4n) is 1.88. The number of nitrogens with zero attached hydrogens (tertiary/aromatic N) is 2. The molecule has 1 rings (SSSR count). The van der Waals surface area contributed by atoms with Crippen molar-refractivity contribution in [3.63, 3.8) is 0 Å². The van der Waals surface area contributed by atoms with Gasteiger partial charge in [-0.25, -0.2) is 0 Å². The first-order valence-corrected chi connectivity index (χ1v) is 6.29. The maximum absolute atomic E-state index is 11.9. The average Bonchev–Trinajstić information content (AvgIpc) is 2.53. The lowest BCUT2D eigenvalue weighted by Crippen LogP contribution is -2.46. The van der Waals surface area contributed by atoms with Crippen LogP contribution in [0, 0.1) is 0 Å². The molecule has 0 bridgehead atoms. The second-order valence-electron chi connectivity index (χ2n) is 4.72. The molecule has 1 fully saturated rings. The Balaban J connectivity index is 2.51. The summed E-state index contributed by atoms with van der Waals surface area (Å²) in [6, 6.07) is 0.0181. The molecule has 0 aromatic carbocycles. The van der Waals surface area contributed by atoms with Gasteiger partial charge in [-0.3, -0.25) is 9.59 Å². The molecule has 0 aliphatic carbocycles. The van der Waals surface area contributed by atoms with Gasteiger partial charge in [-0.15, -0.1) is 0 Å². The normalized spacial score (nSPS) is 18.8. The fourth-order valence-corrected chi connectivity index (χ4v) is 1.88. The Bertz CT molecular complexity index is 281. The lowest BCUT2D eigenvalue weighted by Gasteiger charge is -2.27. The lowest BCUT2D eigenvalue weighted by molar-refractivity contribution is -0.140. The molecule has 5 nitrogen and oxygen atoms in total. The van der Waals surface area contributed by atoms with E-state index < -0.39 is 0 Å². The van der Waals surface area contributed by atoms with E-state index in [9.17, 15) is 9.59 Å². The van der Waals surface area contributed by atoms with Crippen LogP contribution in [0.25, 0.3) is 0 Å². The van der Waals surface area contributed by atoms with Crippen molar-refractivity contribution < 1.29 is 9.59 Å². The van der Waals surface area contributed by atoms with Crippen molar-refractivity contribution in [1.29, 1.82) is 0 Å². The van der Waals surface area contributed by atoms with E-state index >= 15 is 0 Å². The molecule has 2 N–H and O–H groups in total. The Hall–Kier alpha value is -1.10. The minimum atomic E-state index is -0.0294. The van der Waals surface area contributed by atoms with E-state index in [0.29, 0.717) is 19.5 Å². The number of hydrogen-bond acceptors (Lipinski definition) is 3. The van der Waals surface area contributed by atoms with E-state index in [1.54, 1.807) is 16.8 Å². The topological polar surface area (TPSA) is 66.6 Å². The van der Waals surface area contributed by atoms with Gasteiger partial charge in [0, 0.05) is 32.6 Å². The van der Waals surface area contributed by atoms with E-state index in [1.807, 2.05) is 6.92 Å². The molecular weight excluding hydrogens is 218 g/mol. The monoisotopic (exact) mass is 241 g/mol. The summed E-state index contributed by atoms with van der Waals surface area (Å²) in [5.74, 6) is 0.0721. The van der Waals surface area contributed by atoms with Gasteiger partial charge in [-0.1, -0.05) is 6.42 Å². The summed E-state index contributed by atoms with van der Waals surface area (Å²) in [5, 5.41) is 0. The molecule has 1 saturated heterocycles. The Morgan fingerprint density at radius 3 is 2.82 bits per heavy atom. The number of likely N-dealkylation sites (tertiary alicyclic amines) is 1. The minimum absolute atomic E-state index is 0.0181. The quantitative estimate of drug-likeness (QED) is 0.764. The Morgan fingerprint density at radius 1 is 1.47 bits per heavy atom. The Labute approximate surface area is 103 Å². The highest BCUT2D eigenvalue weighted by Crippen LogP contribution is 2.11. The van der Waals surface area contributed by atoms with E-state index in [4.69, 9.17) is 5.73 Å². The highest BCUT2D eigenvalue weighted by molar-refractivity contribution is 5.85. The Morgan fingerprint density at radius 2 is 2.18 bits per heavy atom. The highest BCUT2D eigenvalue weighted by atomic mass is 16.2. The lowest BCUT2D eigenvalue weighted by atomic mass is 10.2. The van der Waals surface area contributed by atoms with Crippen molar-refractivity contribution >= 4 is 11.8 Å². The van der Waals surface area contributed by atoms with Crippen molar-refractivity contribution in [2.75, 3.05) is 26.7 Å². The number of likely N-dealkylation sites (N-methyl/N-ethyl adjacent to an activating group) is 1. The summed E-state index contributed by atoms with van der Waals surface area (Å²) in [4.78, 5) is 27.0. The molecule has 0 radical (unpaired) electrons. The van der Waals surface area contributed by atoms with Crippen molar-refractivity contribution in [2.45, 2.75) is 38.6 Å². The maximum atomic E-state index is 11.9. The standard InChI is InChI=1S/C12H23N3O2/c1-10(8-13)14(2)12(17)9-15-7-5-3-4-6-11(15)16/h10H,3-9,13H2,1-2H3. The summed E-state index contributed by atoms with van der Waals surface area (Å²) in [6.45, 7) is 3.24. The van der Waals surface area contributed by atoms with Crippen LogP contribution >= 0.6 is 0 Å². The van der Waals surface area contributed by atoms with E-state index in [1.165, 1.54) is 0 Å². The van der Waals surface area contributed by atoms with Gasteiger partial charge < -0.3 is 15.5 Å². The van der Waals surface area contributed by atoms with Crippen molar-refractivity contribution in [1.82, 2.24) is 9.80 Å². The molecule has 1 heterocycles. The molecule has 0 aromatic rings. The number of amides is 2. The molecule has 17 heavy (non-hydrogen) atoms. The second-order valence-corrected chi connectivity index (χ2v) is 4.72. The summed E-state index contributed by atoms with van der Waals surface area (Å²) in [6.07, 6.45) is 3.59. The largest absolute Gasteiger partial charge is 0.340 e. The second kappa shape index (κ2) is 6.59. The first-order chi connectivity index (χ1) is 8.06. The van der Waals surface area contributed by atoms with Gasteiger partial charge >= 0.3 is 0 Å². The third-order valence-corrected chi connectivity index (χ3v) is 3.39. The van der Waals surface area contributed by atoms with Crippen LogP contribution in [0.5, 0.6) is 0 Å². The van der Waals surface area contributed by atoms with E-state index in [-0.39, 0.29) is 24.4 Å². The molecule has 0 spiro atoms. The summed E-state index contributed by atoms with van der Waals surface area (Å²) in [5.41, 5.74) is 5.52. The fraction of sp³-hybridized carbons (Fsp3) is 0.833. The molecule has 0 saturated carbocycles. The van der Waals surface area contributed by atoms with Crippen molar-refractivity contribution in [2.24, 2.45) is 5.73 Å². The first kappa shape index (κ1) is 14.0. The van der Waals surface area contributed by atoms with Gasteiger partial charge in [0.15, 0.2) is 0 Å². The predicted molar refractivity (Wildman–Crippen MR) is 66.3 cm³/mol. The molecule has 2 amide bonds. The number of rotatable bonds is 4. The molecule has 0 aromatic heterocycles. The Kier molecular flexibility index (Phi) is 5.41. The van der Waals surface area contributed by atoms with Crippen LogP contribution in [-0.4, -0.2) is 54.3 Å². The van der Waals surface area contributed by atoms with Crippen molar-refractivity contribution in [3.05, 3.63) is 0 Å². The number of carbonyl (C=O) groups is 2. The van der Waals surface area contributed by atoms with Crippen LogP contribution in [0.15, 0.2) is 0 Å². The first-order valence-electron chi connectivity index (χ1n) is 6.29. The smallest absolute Gasteiger partial charge is 0.242 e. The van der Waals surface area contributed by atoms with Crippen LogP contribution in [-0.2, 0) is 9.59 Å². The van der Waals surface area contributed by atoms with Gasteiger partial charge in [-0.2, -0.15) is 0 Å². The number of carbonyl (C=O) groups excluding carboxylic acids is 2. The zero-order chi connectivity index (χ0) is 12.8. The summed E-state index contributed by atoms with van der Waals surface area (Å²) >= 11 is 0. The average molecular weight is 241 g/mol. The third-order valence-electron chi connectivity index (χ3n) is 3.39. The summed E-state index contributed by atoms with van der Waals surface area (Å²) in [7, 11) is 1.74. The van der Waals surface area contributed by atoms with Gasteiger partial charge in [0.25, 0.3) is 0 Å². The molecular formula is C12H23N3O2. The number of hydrogen-bond donors (Lipinski definition) is 1. The molecule has 1 atom stereocenters. The predicted octanol–water partition coefficient (Wildman–Crippen LogP) is 0.195. The summed E-state index contributed by atoms with van der Waals surface area (Å²) < 4.78 is 0. The van der Waals surface area contributed by atoms with Crippen LogP contribution < -0.4 is 5.73 Å². The van der Waals surface area contributed by atoms with Gasteiger partial charge in [-0.05, 0) is 19.8 Å². The zero-order valence-electron chi connectivity index (χ0n) is 10.8.